The Morgan fingerprint density at radius 1 is 1.25 bits per heavy atom. The molecule has 0 bridgehead atoms. The summed E-state index contributed by atoms with van der Waals surface area (Å²) in [6.45, 7) is 2.18. The lowest BCUT2D eigenvalue weighted by Crippen LogP contribution is -2.19. The van der Waals surface area contributed by atoms with E-state index in [-0.39, 0.29) is 0 Å². The van der Waals surface area contributed by atoms with E-state index in [2.05, 4.69) is 56.0 Å². The summed E-state index contributed by atoms with van der Waals surface area (Å²) >= 11 is 5.06. The number of fused-ring (bicyclic) bond motifs is 1. The maximum absolute atomic E-state index is 4.27. The molecule has 0 amide bonds. The van der Waals surface area contributed by atoms with E-state index in [1.165, 1.54) is 0 Å². The van der Waals surface area contributed by atoms with Crippen LogP contribution in [0.3, 0.4) is 0 Å². The number of rotatable bonds is 4. The number of nitrogens with one attached hydrogen (secondary N) is 1. The maximum atomic E-state index is 4.27. The molecule has 0 atom stereocenters. The standard InChI is InChI=1S/C14H15BrN4S/c1-2-3-4-13-16-17-14-19(13)18-12(9-20-14)10-5-7-11(15)8-6-10/h5-9,18H,2-4H2,1H3. The van der Waals surface area contributed by atoms with Crippen molar-refractivity contribution in [3.8, 4) is 0 Å². The van der Waals surface area contributed by atoms with Crippen LogP contribution in [0.4, 0.5) is 0 Å². The molecule has 0 spiro atoms. The Kier molecular flexibility index (Phi) is 4.12. The second-order valence-corrected chi connectivity index (χ2v) is 6.36. The predicted octanol–water partition coefficient (Wildman–Crippen LogP) is 4.03. The van der Waals surface area contributed by atoms with Crippen LogP contribution in [-0.4, -0.2) is 14.9 Å². The molecule has 4 nitrogen and oxygen atoms in total. The van der Waals surface area contributed by atoms with E-state index in [4.69, 9.17) is 0 Å². The molecule has 6 heteroatoms. The Morgan fingerprint density at radius 2 is 2.05 bits per heavy atom. The minimum Gasteiger partial charge on any atom is -0.290 e. The fraction of sp³-hybridized carbons (Fsp3) is 0.286. The summed E-state index contributed by atoms with van der Waals surface area (Å²) in [7, 11) is 0. The van der Waals surface area contributed by atoms with Gasteiger partial charge < -0.3 is 0 Å². The molecule has 0 saturated heterocycles. The van der Waals surface area contributed by atoms with Gasteiger partial charge >= 0.3 is 0 Å². The van der Waals surface area contributed by atoms with E-state index < -0.39 is 0 Å². The number of nitrogens with zero attached hydrogens (tertiary/aromatic N) is 3. The second kappa shape index (κ2) is 6.01. The molecule has 0 aliphatic carbocycles. The molecule has 0 radical (unpaired) electrons. The van der Waals surface area contributed by atoms with Gasteiger partial charge in [-0.05, 0) is 18.6 Å². The Hall–Kier alpha value is -1.27. The number of thioether (sulfide) groups is 1. The number of benzene rings is 1. The monoisotopic (exact) mass is 350 g/mol. The predicted molar refractivity (Wildman–Crippen MR) is 86.0 cm³/mol. The van der Waals surface area contributed by atoms with E-state index in [0.29, 0.717) is 0 Å². The van der Waals surface area contributed by atoms with Gasteiger partial charge in [0.25, 0.3) is 0 Å². The van der Waals surface area contributed by atoms with Crippen LogP contribution in [0, 0.1) is 0 Å². The maximum Gasteiger partial charge on any atom is 0.214 e. The molecule has 1 aliphatic heterocycles. The zero-order chi connectivity index (χ0) is 13.9. The first-order valence-corrected chi connectivity index (χ1v) is 8.29. The summed E-state index contributed by atoms with van der Waals surface area (Å²) in [6, 6.07) is 8.26. The van der Waals surface area contributed by atoms with Crippen molar-refractivity contribution in [2.45, 2.75) is 31.3 Å². The van der Waals surface area contributed by atoms with Crippen LogP contribution in [0.5, 0.6) is 0 Å². The van der Waals surface area contributed by atoms with Crippen molar-refractivity contribution in [3.63, 3.8) is 0 Å². The molecule has 0 fully saturated rings. The van der Waals surface area contributed by atoms with Crippen molar-refractivity contribution in [1.82, 2.24) is 14.9 Å². The van der Waals surface area contributed by atoms with Crippen LogP contribution in [-0.2, 0) is 6.42 Å². The average Bonchev–Trinajstić information content (AvgIpc) is 2.88. The molecule has 0 saturated carbocycles. The smallest absolute Gasteiger partial charge is 0.214 e. The highest BCUT2D eigenvalue weighted by Crippen LogP contribution is 2.29. The van der Waals surface area contributed by atoms with Crippen LogP contribution < -0.4 is 5.43 Å². The molecule has 1 aromatic carbocycles. The van der Waals surface area contributed by atoms with Gasteiger partial charge in [0, 0.05) is 21.9 Å². The fourth-order valence-electron chi connectivity index (χ4n) is 2.01. The summed E-state index contributed by atoms with van der Waals surface area (Å²) < 4.78 is 3.08. The minimum absolute atomic E-state index is 0.900. The summed E-state index contributed by atoms with van der Waals surface area (Å²) in [5, 5.41) is 11.5. The molecule has 1 N–H and O–H groups in total. The van der Waals surface area contributed by atoms with E-state index in [1.54, 1.807) is 11.8 Å². The van der Waals surface area contributed by atoms with E-state index in [1.807, 2.05) is 16.8 Å². The zero-order valence-electron chi connectivity index (χ0n) is 11.1. The lowest BCUT2D eigenvalue weighted by molar-refractivity contribution is 0.703. The van der Waals surface area contributed by atoms with Gasteiger partial charge in [0.15, 0.2) is 5.82 Å². The van der Waals surface area contributed by atoms with Crippen molar-refractivity contribution in [3.05, 3.63) is 45.5 Å². The van der Waals surface area contributed by atoms with E-state index in [0.717, 1.165) is 46.0 Å². The normalized spacial score (nSPS) is 13.6. The van der Waals surface area contributed by atoms with Gasteiger partial charge in [-0.25, -0.2) is 4.68 Å². The molecular weight excluding hydrogens is 336 g/mol. The van der Waals surface area contributed by atoms with Gasteiger partial charge in [0.05, 0.1) is 5.70 Å². The molecule has 0 unspecified atom stereocenters. The fourth-order valence-corrected chi connectivity index (χ4v) is 3.03. The number of aryl methyl sites for hydroxylation is 1. The lowest BCUT2D eigenvalue weighted by atomic mass is 10.2. The Bertz CT molecular complexity index is 633. The van der Waals surface area contributed by atoms with Crippen LogP contribution in [0.15, 0.2) is 39.3 Å². The lowest BCUT2D eigenvalue weighted by Gasteiger charge is -2.19. The van der Waals surface area contributed by atoms with Crippen LogP contribution in [0.1, 0.15) is 31.2 Å². The zero-order valence-corrected chi connectivity index (χ0v) is 13.5. The molecule has 2 heterocycles. The first-order chi connectivity index (χ1) is 9.78. The van der Waals surface area contributed by atoms with Gasteiger partial charge in [-0.1, -0.05) is 53.2 Å². The largest absolute Gasteiger partial charge is 0.290 e. The van der Waals surface area contributed by atoms with Crippen LogP contribution in [0.25, 0.3) is 5.70 Å². The SMILES string of the molecule is CCCCc1nnc2n1NC(c1ccc(Br)cc1)=CS2. The molecule has 2 aromatic rings. The van der Waals surface area contributed by atoms with Gasteiger partial charge in [-0.2, -0.15) is 0 Å². The Balaban J connectivity index is 1.83. The second-order valence-electron chi connectivity index (χ2n) is 4.61. The van der Waals surface area contributed by atoms with Crippen molar-refractivity contribution < 1.29 is 0 Å². The summed E-state index contributed by atoms with van der Waals surface area (Å²) in [5.74, 6) is 0.997. The van der Waals surface area contributed by atoms with E-state index in [9.17, 15) is 0 Å². The summed E-state index contributed by atoms with van der Waals surface area (Å²) in [5.41, 5.74) is 5.64. The first-order valence-electron chi connectivity index (χ1n) is 6.62. The highest BCUT2D eigenvalue weighted by molar-refractivity contribution is 9.10. The topological polar surface area (TPSA) is 42.7 Å². The van der Waals surface area contributed by atoms with Gasteiger partial charge in [-0.3, -0.25) is 5.43 Å². The highest BCUT2D eigenvalue weighted by atomic mass is 79.9. The highest BCUT2D eigenvalue weighted by Gasteiger charge is 2.17. The molecule has 104 valence electrons. The third-order valence-electron chi connectivity index (χ3n) is 3.12. The van der Waals surface area contributed by atoms with Crippen molar-refractivity contribution in [1.29, 1.82) is 0 Å². The molecule has 1 aromatic heterocycles. The third kappa shape index (κ3) is 2.76. The van der Waals surface area contributed by atoms with Crippen LogP contribution in [0.2, 0.25) is 0 Å². The summed E-state index contributed by atoms with van der Waals surface area (Å²) in [4.78, 5) is 0. The molecular formula is C14H15BrN4S. The number of hydrogen-bond donors (Lipinski definition) is 1. The Labute approximate surface area is 130 Å². The van der Waals surface area contributed by atoms with Crippen LogP contribution >= 0.6 is 27.7 Å². The molecule has 1 aliphatic rings. The average molecular weight is 351 g/mol. The third-order valence-corrected chi connectivity index (χ3v) is 4.48. The van der Waals surface area contributed by atoms with Crippen molar-refractivity contribution in [2.75, 3.05) is 5.43 Å². The van der Waals surface area contributed by atoms with Crippen molar-refractivity contribution in [2.24, 2.45) is 0 Å². The number of unbranched alkanes of at least 4 members (excludes halogenated alkanes) is 1. The minimum atomic E-state index is 0.900. The Morgan fingerprint density at radius 3 is 2.80 bits per heavy atom. The van der Waals surface area contributed by atoms with Gasteiger partial charge in [-0.15, -0.1) is 10.2 Å². The summed E-state index contributed by atoms with van der Waals surface area (Å²) in [6.07, 6.45) is 3.23. The van der Waals surface area contributed by atoms with Crippen molar-refractivity contribution >= 4 is 33.4 Å². The van der Waals surface area contributed by atoms with Gasteiger partial charge in [0.2, 0.25) is 5.16 Å². The van der Waals surface area contributed by atoms with Gasteiger partial charge in [0.1, 0.15) is 0 Å². The number of aromatic nitrogens is 3. The molecule has 3 rings (SSSR count). The quantitative estimate of drug-likeness (QED) is 0.903. The molecule has 20 heavy (non-hydrogen) atoms. The first kappa shape index (κ1) is 13.7. The number of hydrogen-bond acceptors (Lipinski definition) is 4. The van der Waals surface area contributed by atoms with E-state index >= 15 is 0 Å². The number of halogens is 1.